The smallest absolute Gasteiger partial charge is 0.213 e. The van der Waals surface area contributed by atoms with Gasteiger partial charge in [0.1, 0.15) is 0 Å². The summed E-state index contributed by atoms with van der Waals surface area (Å²) < 4.78 is 6.22. The molecule has 1 aromatic heterocycles. The number of ether oxygens (including phenoxy) is 1. The molecule has 0 N–H and O–H groups in total. The van der Waals surface area contributed by atoms with Gasteiger partial charge in [-0.3, -0.25) is 0 Å². The maximum absolute atomic E-state index is 5.21. The van der Waals surface area contributed by atoms with Gasteiger partial charge < -0.3 is 4.74 Å². The van der Waals surface area contributed by atoms with Crippen LogP contribution in [-0.4, -0.2) is 11.6 Å². The van der Waals surface area contributed by atoms with Gasteiger partial charge in [0, 0.05) is 16.7 Å². The van der Waals surface area contributed by atoms with Crippen LogP contribution in [0.4, 0.5) is 0 Å². The number of aromatic nitrogens is 1. The average molecular weight is 216 g/mol. The van der Waals surface area contributed by atoms with E-state index in [1.807, 2.05) is 19.9 Å². The summed E-state index contributed by atoms with van der Waals surface area (Å²) in [6.45, 7) is 4.61. The topological polar surface area (TPSA) is 22.1 Å². The van der Waals surface area contributed by atoms with Gasteiger partial charge in [0.15, 0.2) is 0 Å². The van der Waals surface area contributed by atoms with Crippen molar-refractivity contribution >= 4 is 15.9 Å². The molecular weight excluding hydrogens is 206 g/mol. The number of nitrogens with zero attached hydrogens (tertiary/aromatic N) is 1. The van der Waals surface area contributed by atoms with Gasteiger partial charge in [0.05, 0.1) is 6.61 Å². The molecule has 0 aliphatic rings. The Balaban J connectivity index is 2.86. The molecule has 0 aliphatic carbocycles. The SMILES string of the molecule is CCOc1cc(C)c(Br)cn1. The maximum Gasteiger partial charge on any atom is 0.213 e. The first-order valence-electron chi connectivity index (χ1n) is 3.49. The van der Waals surface area contributed by atoms with Crippen molar-refractivity contribution in [2.75, 3.05) is 6.61 Å². The van der Waals surface area contributed by atoms with E-state index in [1.165, 1.54) is 0 Å². The molecule has 1 rings (SSSR count). The van der Waals surface area contributed by atoms with E-state index in [4.69, 9.17) is 4.74 Å². The van der Waals surface area contributed by atoms with Crippen molar-refractivity contribution in [1.29, 1.82) is 0 Å². The minimum atomic E-state index is 0.661. The molecule has 1 heterocycles. The van der Waals surface area contributed by atoms with Crippen LogP contribution in [0.2, 0.25) is 0 Å². The summed E-state index contributed by atoms with van der Waals surface area (Å²) >= 11 is 3.36. The number of aryl methyl sites for hydroxylation is 1. The van der Waals surface area contributed by atoms with E-state index in [2.05, 4.69) is 20.9 Å². The number of halogens is 1. The van der Waals surface area contributed by atoms with E-state index in [0.29, 0.717) is 12.5 Å². The van der Waals surface area contributed by atoms with Gasteiger partial charge in [-0.05, 0) is 35.3 Å². The fourth-order valence-electron chi connectivity index (χ4n) is 0.740. The predicted molar refractivity (Wildman–Crippen MR) is 47.8 cm³/mol. The Morgan fingerprint density at radius 2 is 2.36 bits per heavy atom. The van der Waals surface area contributed by atoms with Gasteiger partial charge in [-0.15, -0.1) is 0 Å². The van der Waals surface area contributed by atoms with Crippen molar-refractivity contribution in [3.05, 3.63) is 22.3 Å². The van der Waals surface area contributed by atoms with Gasteiger partial charge >= 0.3 is 0 Å². The predicted octanol–water partition coefficient (Wildman–Crippen LogP) is 2.55. The quantitative estimate of drug-likeness (QED) is 0.757. The summed E-state index contributed by atoms with van der Waals surface area (Å²) in [5.41, 5.74) is 1.14. The zero-order chi connectivity index (χ0) is 8.27. The highest BCUT2D eigenvalue weighted by molar-refractivity contribution is 9.10. The van der Waals surface area contributed by atoms with Crippen LogP contribution in [0.25, 0.3) is 0 Å². The van der Waals surface area contributed by atoms with Crippen LogP contribution in [0.1, 0.15) is 12.5 Å². The first kappa shape index (κ1) is 8.53. The van der Waals surface area contributed by atoms with E-state index in [-0.39, 0.29) is 0 Å². The molecule has 0 saturated heterocycles. The van der Waals surface area contributed by atoms with Crippen molar-refractivity contribution in [2.24, 2.45) is 0 Å². The monoisotopic (exact) mass is 215 g/mol. The Hall–Kier alpha value is -0.570. The highest BCUT2D eigenvalue weighted by atomic mass is 79.9. The molecule has 0 unspecified atom stereocenters. The Morgan fingerprint density at radius 1 is 1.64 bits per heavy atom. The summed E-state index contributed by atoms with van der Waals surface area (Å²) in [5, 5.41) is 0. The van der Waals surface area contributed by atoms with Crippen LogP contribution in [0.5, 0.6) is 5.88 Å². The molecule has 0 aliphatic heterocycles. The lowest BCUT2D eigenvalue weighted by Gasteiger charge is -2.02. The zero-order valence-corrected chi connectivity index (χ0v) is 8.18. The third kappa shape index (κ3) is 2.19. The number of hydrogen-bond donors (Lipinski definition) is 0. The third-order valence-corrected chi connectivity index (χ3v) is 2.14. The second-order valence-corrected chi connectivity index (χ2v) is 3.06. The molecule has 0 saturated carbocycles. The van der Waals surface area contributed by atoms with E-state index in [1.54, 1.807) is 6.20 Å². The minimum absolute atomic E-state index is 0.661. The molecule has 60 valence electrons. The first-order chi connectivity index (χ1) is 5.24. The molecule has 0 radical (unpaired) electrons. The van der Waals surface area contributed by atoms with Crippen LogP contribution in [0.3, 0.4) is 0 Å². The second-order valence-electron chi connectivity index (χ2n) is 2.20. The lowest BCUT2D eigenvalue weighted by Crippen LogP contribution is -1.94. The zero-order valence-electron chi connectivity index (χ0n) is 6.60. The Kier molecular flexibility index (Phi) is 2.88. The molecule has 0 spiro atoms. The van der Waals surface area contributed by atoms with E-state index in [9.17, 15) is 0 Å². The van der Waals surface area contributed by atoms with Gasteiger partial charge in [-0.1, -0.05) is 0 Å². The van der Waals surface area contributed by atoms with Crippen LogP contribution >= 0.6 is 15.9 Å². The molecule has 0 fully saturated rings. The lowest BCUT2D eigenvalue weighted by molar-refractivity contribution is 0.326. The molecule has 0 amide bonds. The Bertz CT molecular complexity index is 250. The number of rotatable bonds is 2. The van der Waals surface area contributed by atoms with Crippen molar-refractivity contribution in [2.45, 2.75) is 13.8 Å². The fourth-order valence-corrected chi connectivity index (χ4v) is 0.957. The van der Waals surface area contributed by atoms with Crippen molar-refractivity contribution in [3.8, 4) is 5.88 Å². The van der Waals surface area contributed by atoms with Gasteiger partial charge in [0.2, 0.25) is 5.88 Å². The molecule has 3 heteroatoms. The van der Waals surface area contributed by atoms with Crippen molar-refractivity contribution < 1.29 is 4.74 Å². The lowest BCUT2D eigenvalue weighted by atomic mass is 10.3. The normalized spacial score (nSPS) is 9.73. The standard InChI is InChI=1S/C8H10BrNO/c1-3-11-8-4-6(2)7(9)5-10-8/h4-5H,3H2,1-2H3. The molecule has 11 heavy (non-hydrogen) atoms. The van der Waals surface area contributed by atoms with Crippen LogP contribution < -0.4 is 4.74 Å². The van der Waals surface area contributed by atoms with Crippen molar-refractivity contribution in [1.82, 2.24) is 4.98 Å². The third-order valence-electron chi connectivity index (χ3n) is 1.31. The highest BCUT2D eigenvalue weighted by Crippen LogP contribution is 2.18. The summed E-state index contributed by atoms with van der Waals surface area (Å²) in [6, 6.07) is 1.91. The van der Waals surface area contributed by atoms with E-state index < -0.39 is 0 Å². The number of pyridine rings is 1. The van der Waals surface area contributed by atoms with Crippen LogP contribution in [0.15, 0.2) is 16.7 Å². The Labute approximate surface area is 74.7 Å². The summed E-state index contributed by atoms with van der Waals surface area (Å²) in [6.07, 6.45) is 1.75. The molecule has 0 aromatic carbocycles. The fraction of sp³-hybridized carbons (Fsp3) is 0.375. The largest absolute Gasteiger partial charge is 0.478 e. The second kappa shape index (κ2) is 3.72. The van der Waals surface area contributed by atoms with E-state index >= 15 is 0 Å². The van der Waals surface area contributed by atoms with Crippen LogP contribution in [0, 0.1) is 6.92 Å². The first-order valence-corrected chi connectivity index (χ1v) is 4.28. The molecule has 0 atom stereocenters. The van der Waals surface area contributed by atoms with Crippen molar-refractivity contribution in [3.63, 3.8) is 0 Å². The van der Waals surface area contributed by atoms with Gasteiger partial charge in [-0.25, -0.2) is 4.98 Å². The van der Waals surface area contributed by atoms with Gasteiger partial charge in [-0.2, -0.15) is 0 Å². The molecule has 0 bridgehead atoms. The minimum Gasteiger partial charge on any atom is -0.478 e. The summed E-state index contributed by atoms with van der Waals surface area (Å²) in [5.74, 6) is 0.688. The summed E-state index contributed by atoms with van der Waals surface area (Å²) in [7, 11) is 0. The molecule has 1 aromatic rings. The van der Waals surface area contributed by atoms with E-state index in [0.717, 1.165) is 10.0 Å². The number of hydrogen-bond acceptors (Lipinski definition) is 2. The molecule has 2 nitrogen and oxygen atoms in total. The van der Waals surface area contributed by atoms with Crippen LogP contribution in [-0.2, 0) is 0 Å². The highest BCUT2D eigenvalue weighted by Gasteiger charge is 1.97. The Morgan fingerprint density at radius 3 is 2.91 bits per heavy atom. The average Bonchev–Trinajstić information content (AvgIpc) is 1.98. The maximum atomic E-state index is 5.21. The van der Waals surface area contributed by atoms with Gasteiger partial charge in [0.25, 0.3) is 0 Å². The molecular formula is C8H10BrNO. The summed E-state index contributed by atoms with van der Waals surface area (Å²) in [4.78, 5) is 4.06.